The maximum Gasteiger partial charge on any atom is 0.322 e. The van der Waals surface area contributed by atoms with E-state index < -0.39 is 0 Å². The molecule has 1 fully saturated rings. The number of rotatable bonds is 3. The van der Waals surface area contributed by atoms with E-state index in [9.17, 15) is 9.90 Å². The van der Waals surface area contributed by atoms with Crippen LogP contribution < -0.4 is 5.32 Å². The van der Waals surface area contributed by atoms with E-state index in [1.165, 1.54) is 0 Å². The van der Waals surface area contributed by atoms with Crippen LogP contribution in [0.1, 0.15) is 25.3 Å². The first-order valence-electron chi connectivity index (χ1n) is 6.52. The Morgan fingerprint density at radius 2 is 2.28 bits per heavy atom. The summed E-state index contributed by atoms with van der Waals surface area (Å²) in [6.07, 6.45) is 2.74. The van der Waals surface area contributed by atoms with E-state index in [4.69, 9.17) is 0 Å². The van der Waals surface area contributed by atoms with Crippen LogP contribution in [0.15, 0.2) is 24.3 Å². The zero-order valence-corrected chi connectivity index (χ0v) is 10.7. The number of anilines is 1. The number of benzene rings is 1. The third kappa shape index (κ3) is 2.64. The van der Waals surface area contributed by atoms with Gasteiger partial charge >= 0.3 is 6.03 Å². The van der Waals surface area contributed by atoms with Crippen LogP contribution in [0.3, 0.4) is 0 Å². The number of aliphatic hydroxyl groups is 1. The van der Waals surface area contributed by atoms with Crippen molar-refractivity contribution < 1.29 is 9.90 Å². The summed E-state index contributed by atoms with van der Waals surface area (Å²) in [6.45, 7) is 2.84. The molecule has 2 rings (SSSR count). The largest absolute Gasteiger partial charge is 0.394 e. The highest BCUT2D eigenvalue weighted by molar-refractivity contribution is 5.90. The van der Waals surface area contributed by atoms with Crippen molar-refractivity contribution in [3.05, 3.63) is 29.8 Å². The van der Waals surface area contributed by atoms with Gasteiger partial charge in [-0.3, -0.25) is 0 Å². The van der Waals surface area contributed by atoms with Gasteiger partial charge in [0.2, 0.25) is 0 Å². The molecule has 2 amide bonds. The molecule has 1 aromatic rings. The highest BCUT2D eigenvalue weighted by Crippen LogP contribution is 2.20. The van der Waals surface area contributed by atoms with E-state index in [1.54, 1.807) is 4.90 Å². The van der Waals surface area contributed by atoms with Crippen molar-refractivity contribution in [1.82, 2.24) is 4.90 Å². The molecule has 2 N–H and O–H groups in total. The van der Waals surface area contributed by atoms with E-state index in [-0.39, 0.29) is 18.7 Å². The summed E-state index contributed by atoms with van der Waals surface area (Å²) in [5.74, 6) is 0. The molecule has 18 heavy (non-hydrogen) atoms. The second-order valence-electron chi connectivity index (χ2n) is 4.61. The Morgan fingerprint density at radius 3 is 3.00 bits per heavy atom. The van der Waals surface area contributed by atoms with Crippen molar-refractivity contribution in [3.63, 3.8) is 0 Å². The minimum absolute atomic E-state index is 0.0289. The number of nitrogens with one attached hydrogen (secondary N) is 1. The number of hydrogen-bond acceptors (Lipinski definition) is 2. The number of likely N-dealkylation sites (tertiary alicyclic amines) is 1. The molecule has 1 atom stereocenters. The normalized spacial score (nSPS) is 19.0. The molecule has 0 unspecified atom stereocenters. The summed E-state index contributed by atoms with van der Waals surface area (Å²) in [7, 11) is 0. The minimum Gasteiger partial charge on any atom is -0.394 e. The van der Waals surface area contributed by atoms with Gasteiger partial charge in [0.05, 0.1) is 12.6 Å². The van der Waals surface area contributed by atoms with E-state index in [1.807, 2.05) is 24.3 Å². The monoisotopic (exact) mass is 248 g/mol. The van der Waals surface area contributed by atoms with E-state index >= 15 is 0 Å². The Kier molecular flexibility index (Phi) is 4.20. The first kappa shape index (κ1) is 12.9. The standard InChI is InChI=1S/C14H20N2O2/c1-2-11-6-3-4-8-13(11)15-14(18)16-9-5-7-12(16)10-17/h3-4,6,8,12,17H,2,5,7,9-10H2,1H3,(H,15,18)/t12-/m0/s1. The second-order valence-corrected chi connectivity index (χ2v) is 4.61. The van der Waals surface area contributed by atoms with Crippen LogP contribution >= 0.6 is 0 Å². The Hall–Kier alpha value is -1.55. The van der Waals surface area contributed by atoms with Gasteiger partial charge in [0, 0.05) is 12.2 Å². The number of urea groups is 1. The van der Waals surface area contributed by atoms with E-state index in [0.29, 0.717) is 0 Å². The molecule has 1 aromatic carbocycles. The third-order valence-electron chi connectivity index (χ3n) is 3.49. The number of carbonyl (C=O) groups is 1. The van der Waals surface area contributed by atoms with Crippen LogP contribution in [0.2, 0.25) is 0 Å². The fourth-order valence-electron chi connectivity index (χ4n) is 2.43. The number of nitrogens with zero attached hydrogens (tertiary/aromatic N) is 1. The van der Waals surface area contributed by atoms with E-state index in [2.05, 4.69) is 12.2 Å². The highest BCUT2D eigenvalue weighted by atomic mass is 16.3. The van der Waals surface area contributed by atoms with E-state index in [0.717, 1.165) is 37.1 Å². The molecule has 1 aliphatic heterocycles. The molecule has 0 aliphatic carbocycles. The highest BCUT2D eigenvalue weighted by Gasteiger charge is 2.28. The van der Waals surface area contributed by atoms with Crippen LogP contribution in [0.4, 0.5) is 10.5 Å². The first-order valence-corrected chi connectivity index (χ1v) is 6.52. The van der Waals surface area contributed by atoms with Gasteiger partial charge in [0.1, 0.15) is 0 Å². The molecule has 1 aliphatic rings. The molecule has 0 bridgehead atoms. The Morgan fingerprint density at radius 1 is 1.50 bits per heavy atom. The molecule has 0 radical (unpaired) electrons. The fourth-order valence-corrected chi connectivity index (χ4v) is 2.43. The van der Waals surface area contributed by atoms with Crippen molar-refractivity contribution in [1.29, 1.82) is 0 Å². The molecule has 0 spiro atoms. The van der Waals surface area contributed by atoms with Crippen molar-refractivity contribution in [2.24, 2.45) is 0 Å². The van der Waals surface area contributed by atoms with Crippen molar-refractivity contribution >= 4 is 11.7 Å². The van der Waals surface area contributed by atoms with Crippen LogP contribution in [0.25, 0.3) is 0 Å². The number of amides is 2. The van der Waals surface area contributed by atoms with Gasteiger partial charge in [-0.1, -0.05) is 25.1 Å². The molecular formula is C14H20N2O2. The summed E-state index contributed by atoms with van der Waals surface area (Å²) in [5.41, 5.74) is 2.00. The lowest BCUT2D eigenvalue weighted by Gasteiger charge is -2.24. The first-order chi connectivity index (χ1) is 8.76. The maximum atomic E-state index is 12.2. The summed E-state index contributed by atoms with van der Waals surface area (Å²) in [5, 5.41) is 12.2. The summed E-state index contributed by atoms with van der Waals surface area (Å²) in [4.78, 5) is 13.9. The Balaban J connectivity index is 2.07. The van der Waals surface area contributed by atoms with Crippen LogP contribution in [0, 0.1) is 0 Å². The number of hydrogen-bond donors (Lipinski definition) is 2. The summed E-state index contributed by atoms with van der Waals surface area (Å²) >= 11 is 0. The number of para-hydroxylation sites is 1. The molecular weight excluding hydrogens is 228 g/mol. The van der Waals surface area contributed by atoms with Gasteiger partial charge in [0.15, 0.2) is 0 Å². The molecule has 98 valence electrons. The molecule has 1 saturated heterocycles. The molecule has 1 heterocycles. The SMILES string of the molecule is CCc1ccccc1NC(=O)N1CCC[C@H]1CO. The van der Waals surface area contributed by atoms with Gasteiger partial charge < -0.3 is 15.3 Å². The van der Waals surface area contributed by atoms with Gasteiger partial charge in [-0.25, -0.2) is 4.79 Å². The predicted molar refractivity (Wildman–Crippen MR) is 71.7 cm³/mol. The van der Waals surface area contributed by atoms with Crippen LogP contribution in [-0.2, 0) is 6.42 Å². The molecule has 4 nitrogen and oxygen atoms in total. The lowest BCUT2D eigenvalue weighted by atomic mass is 10.1. The van der Waals surface area contributed by atoms with Crippen molar-refractivity contribution in [2.45, 2.75) is 32.2 Å². The van der Waals surface area contributed by atoms with Gasteiger partial charge in [-0.15, -0.1) is 0 Å². The lowest BCUT2D eigenvalue weighted by Crippen LogP contribution is -2.40. The lowest BCUT2D eigenvalue weighted by molar-refractivity contribution is 0.166. The molecule has 4 heteroatoms. The molecule has 0 aromatic heterocycles. The maximum absolute atomic E-state index is 12.2. The Labute approximate surface area is 108 Å². The summed E-state index contributed by atoms with van der Waals surface area (Å²) in [6, 6.07) is 7.69. The number of aliphatic hydroxyl groups excluding tert-OH is 1. The Bertz CT molecular complexity index is 420. The number of aryl methyl sites for hydroxylation is 1. The van der Waals surface area contributed by atoms with Crippen molar-refractivity contribution in [3.8, 4) is 0 Å². The fraction of sp³-hybridized carbons (Fsp3) is 0.500. The van der Waals surface area contributed by atoms with Crippen molar-refractivity contribution in [2.75, 3.05) is 18.5 Å². The quantitative estimate of drug-likeness (QED) is 0.862. The van der Waals surface area contributed by atoms with Gasteiger partial charge in [0.25, 0.3) is 0 Å². The van der Waals surface area contributed by atoms with Crippen LogP contribution in [-0.4, -0.2) is 35.2 Å². The predicted octanol–water partition coefficient (Wildman–Crippen LogP) is 2.24. The van der Waals surface area contributed by atoms with Crippen LogP contribution in [0.5, 0.6) is 0 Å². The minimum atomic E-state index is -0.104. The average Bonchev–Trinajstić information content (AvgIpc) is 2.87. The zero-order chi connectivity index (χ0) is 13.0. The summed E-state index contributed by atoms with van der Waals surface area (Å²) < 4.78 is 0. The third-order valence-corrected chi connectivity index (χ3v) is 3.49. The molecule has 0 saturated carbocycles. The smallest absolute Gasteiger partial charge is 0.322 e. The topological polar surface area (TPSA) is 52.6 Å². The van der Waals surface area contributed by atoms with Gasteiger partial charge in [-0.05, 0) is 30.9 Å². The zero-order valence-electron chi connectivity index (χ0n) is 10.7. The van der Waals surface area contributed by atoms with Gasteiger partial charge in [-0.2, -0.15) is 0 Å². The second kappa shape index (κ2) is 5.87. The number of carbonyl (C=O) groups excluding carboxylic acids is 1. The average molecular weight is 248 g/mol.